The summed E-state index contributed by atoms with van der Waals surface area (Å²) in [6.07, 6.45) is 1.61. The van der Waals surface area contributed by atoms with Crippen molar-refractivity contribution in [2.45, 2.75) is 12.5 Å². The van der Waals surface area contributed by atoms with Gasteiger partial charge in [-0.3, -0.25) is 0 Å². The molecular formula is C14H13BrF2N2O. The number of benzene rings is 1. The van der Waals surface area contributed by atoms with Gasteiger partial charge in [-0.25, -0.2) is 13.8 Å². The first-order valence-electron chi connectivity index (χ1n) is 5.92. The number of anilines is 1. The zero-order valence-electron chi connectivity index (χ0n) is 10.7. The number of halogens is 3. The lowest BCUT2D eigenvalue weighted by Gasteiger charge is -2.25. The van der Waals surface area contributed by atoms with Crippen LogP contribution in [0, 0.1) is 11.6 Å². The largest absolute Gasteiger partial charge is 0.383 e. The number of nitrogens with zero attached hydrogens (tertiary/aromatic N) is 1. The predicted octanol–water partition coefficient (Wildman–Crippen LogP) is 3.44. The van der Waals surface area contributed by atoms with Crippen molar-refractivity contribution in [3.05, 3.63) is 58.2 Å². The van der Waals surface area contributed by atoms with E-state index >= 15 is 0 Å². The van der Waals surface area contributed by atoms with E-state index in [2.05, 4.69) is 26.2 Å². The number of hydrogen-bond donors (Lipinski definition) is 2. The van der Waals surface area contributed by atoms with Gasteiger partial charge in [0.1, 0.15) is 23.1 Å². The molecule has 1 atom stereocenters. The molecule has 0 saturated carbocycles. The molecule has 0 aliphatic rings. The lowest BCUT2D eigenvalue weighted by atomic mass is 9.95. The van der Waals surface area contributed by atoms with Crippen LogP contribution < -0.4 is 5.32 Å². The van der Waals surface area contributed by atoms with Crippen molar-refractivity contribution in [2.75, 3.05) is 11.9 Å². The van der Waals surface area contributed by atoms with Crippen molar-refractivity contribution in [3.8, 4) is 0 Å². The van der Waals surface area contributed by atoms with Gasteiger partial charge < -0.3 is 10.4 Å². The summed E-state index contributed by atoms with van der Waals surface area (Å²) in [4.78, 5) is 4.09. The summed E-state index contributed by atoms with van der Waals surface area (Å²) in [5.74, 6) is -0.902. The highest BCUT2D eigenvalue weighted by molar-refractivity contribution is 9.10. The van der Waals surface area contributed by atoms with Crippen LogP contribution in [0.5, 0.6) is 0 Å². The van der Waals surface area contributed by atoms with E-state index in [1.807, 2.05) is 0 Å². The monoisotopic (exact) mass is 342 g/mol. The second kappa shape index (κ2) is 5.85. The minimum absolute atomic E-state index is 0.0310. The Morgan fingerprint density at radius 1 is 1.30 bits per heavy atom. The molecule has 3 nitrogen and oxygen atoms in total. The van der Waals surface area contributed by atoms with Crippen LogP contribution in [-0.4, -0.2) is 16.6 Å². The molecule has 1 unspecified atom stereocenters. The Labute approximate surface area is 123 Å². The zero-order valence-corrected chi connectivity index (χ0v) is 12.3. The van der Waals surface area contributed by atoms with E-state index < -0.39 is 17.2 Å². The molecule has 0 spiro atoms. The van der Waals surface area contributed by atoms with E-state index in [1.165, 1.54) is 13.0 Å². The summed E-state index contributed by atoms with van der Waals surface area (Å²) in [7, 11) is 0. The molecule has 0 fully saturated rings. The van der Waals surface area contributed by atoms with E-state index in [9.17, 15) is 13.9 Å². The Morgan fingerprint density at radius 3 is 2.65 bits per heavy atom. The summed E-state index contributed by atoms with van der Waals surface area (Å²) in [5, 5.41) is 13.2. The number of hydrogen-bond acceptors (Lipinski definition) is 3. The van der Waals surface area contributed by atoms with Gasteiger partial charge in [-0.15, -0.1) is 0 Å². The van der Waals surface area contributed by atoms with Gasteiger partial charge in [0.2, 0.25) is 0 Å². The summed E-state index contributed by atoms with van der Waals surface area (Å²) < 4.78 is 27.4. The van der Waals surface area contributed by atoms with Gasteiger partial charge in [0, 0.05) is 28.8 Å². The van der Waals surface area contributed by atoms with Crippen molar-refractivity contribution < 1.29 is 13.9 Å². The molecule has 106 valence electrons. The van der Waals surface area contributed by atoms with E-state index in [4.69, 9.17) is 0 Å². The van der Waals surface area contributed by atoms with Crippen LogP contribution in [0.15, 0.2) is 41.0 Å². The second-order valence-corrected chi connectivity index (χ2v) is 5.53. The molecule has 20 heavy (non-hydrogen) atoms. The van der Waals surface area contributed by atoms with Gasteiger partial charge in [-0.05, 0) is 41.1 Å². The van der Waals surface area contributed by atoms with Crippen molar-refractivity contribution >= 4 is 21.7 Å². The van der Waals surface area contributed by atoms with Gasteiger partial charge >= 0.3 is 0 Å². The summed E-state index contributed by atoms with van der Waals surface area (Å²) in [5.41, 5.74) is -1.45. The van der Waals surface area contributed by atoms with Crippen molar-refractivity contribution in [3.63, 3.8) is 0 Å². The van der Waals surface area contributed by atoms with Crippen LogP contribution >= 0.6 is 15.9 Å². The molecule has 0 saturated heterocycles. The Balaban J connectivity index is 2.12. The highest BCUT2D eigenvalue weighted by Gasteiger charge is 2.26. The molecule has 1 heterocycles. The highest BCUT2D eigenvalue weighted by Crippen LogP contribution is 2.24. The molecule has 2 rings (SSSR count). The van der Waals surface area contributed by atoms with Crippen LogP contribution in [0.1, 0.15) is 12.5 Å². The van der Waals surface area contributed by atoms with Crippen molar-refractivity contribution in [2.24, 2.45) is 0 Å². The Morgan fingerprint density at radius 2 is 2.05 bits per heavy atom. The van der Waals surface area contributed by atoms with Crippen molar-refractivity contribution in [1.29, 1.82) is 0 Å². The fourth-order valence-electron chi connectivity index (χ4n) is 1.76. The van der Waals surface area contributed by atoms with Gasteiger partial charge in [-0.1, -0.05) is 6.07 Å². The minimum Gasteiger partial charge on any atom is -0.383 e. The van der Waals surface area contributed by atoms with Gasteiger partial charge in [-0.2, -0.15) is 0 Å². The Bertz CT molecular complexity index is 603. The fraction of sp³-hybridized carbons (Fsp3) is 0.214. The highest BCUT2D eigenvalue weighted by atomic mass is 79.9. The van der Waals surface area contributed by atoms with E-state index in [0.717, 1.165) is 16.6 Å². The van der Waals surface area contributed by atoms with Crippen LogP contribution in [0.3, 0.4) is 0 Å². The van der Waals surface area contributed by atoms with Gasteiger partial charge in [0.15, 0.2) is 0 Å². The molecule has 6 heteroatoms. The quantitative estimate of drug-likeness (QED) is 0.894. The third kappa shape index (κ3) is 3.52. The van der Waals surface area contributed by atoms with E-state index in [1.54, 1.807) is 18.3 Å². The number of aromatic nitrogens is 1. The molecule has 0 aliphatic heterocycles. The summed E-state index contributed by atoms with van der Waals surface area (Å²) >= 11 is 3.26. The molecule has 1 aromatic heterocycles. The Hall–Kier alpha value is -1.53. The molecule has 0 bridgehead atoms. The van der Waals surface area contributed by atoms with E-state index in [-0.39, 0.29) is 12.1 Å². The average molecular weight is 343 g/mol. The van der Waals surface area contributed by atoms with Crippen LogP contribution in [-0.2, 0) is 5.60 Å². The maximum absolute atomic E-state index is 13.7. The summed E-state index contributed by atoms with van der Waals surface area (Å²) in [6, 6.07) is 6.62. The number of pyridine rings is 1. The number of aliphatic hydroxyl groups is 1. The van der Waals surface area contributed by atoms with Crippen LogP contribution in [0.4, 0.5) is 14.6 Å². The maximum atomic E-state index is 13.7. The molecule has 2 aromatic rings. The zero-order chi connectivity index (χ0) is 14.8. The lowest BCUT2D eigenvalue weighted by molar-refractivity contribution is 0.0674. The SMILES string of the molecule is CC(O)(CNc1ccc(Br)cn1)c1ccc(F)cc1F. The maximum Gasteiger partial charge on any atom is 0.132 e. The molecule has 0 radical (unpaired) electrons. The predicted molar refractivity (Wildman–Crippen MR) is 76.4 cm³/mol. The Kier molecular flexibility index (Phi) is 4.35. The topological polar surface area (TPSA) is 45.1 Å². The minimum atomic E-state index is -1.48. The van der Waals surface area contributed by atoms with E-state index in [0.29, 0.717) is 5.82 Å². The van der Waals surface area contributed by atoms with Crippen LogP contribution in [0.2, 0.25) is 0 Å². The first-order chi connectivity index (χ1) is 9.38. The third-order valence-corrected chi connectivity index (χ3v) is 3.32. The number of nitrogens with one attached hydrogen (secondary N) is 1. The third-order valence-electron chi connectivity index (χ3n) is 2.85. The van der Waals surface area contributed by atoms with Gasteiger partial charge in [0.25, 0.3) is 0 Å². The fourth-order valence-corrected chi connectivity index (χ4v) is 2.00. The molecule has 1 aromatic carbocycles. The second-order valence-electron chi connectivity index (χ2n) is 4.61. The average Bonchev–Trinajstić information content (AvgIpc) is 2.37. The van der Waals surface area contributed by atoms with Crippen molar-refractivity contribution in [1.82, 2.24) is 4.98 Å². The first-order valence-corrected chi connectivity index (χ1v) is 6.71. The number of rotatable bonds is 4. The summed E-state index contributed by atoms with van der Waals surface area (Å²) in [6.45, 7) is 1.50. The normalized spacial score (nSPS) is 13.8. The molecule has 0 aliphatic carbocycles. The van der Waals surface area contributed by atoms with Crippen LogP contribution in [0.25, 0.3) is 0 Å². The lowest BCUT2D eigenvalue weighted by Crippen LogP contribution is -2.32. The molecule has 0 amide bonds. The standard InChI is InChI=1S/C14H13BrF2N2O/c1-14(20,11-4-3-10(16)6-12(11)17)8-19-13-5-2-9(15)7-18-13/h2-7,20H,8H2,1H3,(H,18,19). The molecular weight excluding hydrogens is 330 g/mol. The smallest absolute Gasteiger partial charge is 0.132 e. The van der Waals surface area contributed by atoms with Gasteiger partial charge in [0.05, 0.1) is 0 Å². The molecule has 2 N–H and O–H groups in total. The first kappa shape index (κ1) is 14.9.